The van der Waals surface area contributed by atoms with E-state index < -0.39 is 5.76 Å². The maximum atomic E-state index is 13.3. The van der Waals surface area contributed by atoms with Gasteiger partial charge in [0, 0.05) is 32.2 Å². The Labute approximate surface area is 194 Å². The number of aliphatic hydroxyl groups excluding tert-OH is 1. The molecule has 0 aliphatic carbocycles. The van der Waals surface area contributed by atoms with E-state index >= 15 is 0 Å². The van der Waals surface area contributed by atoms with Crippen molar-refractivity contribution in [2.45, 2.75) is 25.0 Å². The van der Waals surface area contributed by atoms with Crippen molar-refractivity contribution < 1.29 is 14.3 Å². The first kappa shape index (κ1) is 22.0. The molecular formula is C23H25N7O4. The highest BCUT2D eigenvalue weighted by Crippen LogP contribution is 2.27. The molecule has 34 heavy (non-hydrogen) atoms. The van der Waals surface area contributed by atoms with E-state index in [-0.39, 0.29) is 24.5 Å². The molecule has 0 saturated carbocycles. The van der Waals surface area contributed by atoms with Gasteiger partial charge in [-0.15, -0.1) is 10.2 Å². The zero-order valence-electron chi connectivity index (χ0n) is 18.6. The molecule has 0 unspecified atom stereocenters. The van der Waals surface area contributed by atoms with Crippen molar-refractivity contribution in [3.8, 4) is 11.4 Å². The second-order valence-electron chi connectivity index (χ2n) is 8.61. The van der Waals surface area contributed by atoms with Gasteiger partial charge in [0.25, 0.3) is 0 Å². The Morgan fingerprint density at radius 3 is 2.97 bits per heavy atom. The molecule has 2 atom stereocenters. The van der Waals surface area contributed by atoms with Crippen LogP contribution in [-0.2, 0) is 11.2 Å². The second-order valence-corrected chi connectivity index (χ2v) is 8.61. The normalized spacial score (nSPS) is 17.3. The summed E-state index contributed by atoms with van der Waals surface area (Å²) in [5.74, 6) is -0.113. The van der Waals surface area contributed by atoms with Crippen LogP contribution in [0.15, 0.2) is 51.7 Å². The molecule has 5 rings (SSSR count). The van der Waals surface area contributed by atoms with Gasteiger partial charge in [0.15, 0.2) is 5.58 Å². The molecule has 0 bridgehead atoms. The number of likely N-dealkylation sites (tertiary alicyclic amines) is 1. The first-order valence-corrected chi connectivity index (χ1v) is 11.1. The van der Waals surface area contributed by atoms with Crippen LogP contribution in [0.5, 0.6) is 0 Å². The Kier molecular flexibility index (Phi) is 5.95. The Hall–Kier alpha value is -3.83. The first-order valence-electron chi connectivity index (χ1n) is 11.1. The van der Waals surface area contributed by atoms with Gasteiger partial charge in [-0.1, -0.05) is 24.3 Å². The highest BCUT2D eigenvalue weighted by Gasteiger charge is 2.28. The summed E-state index contributed by atoms with van der Waals surface area (Å²) >= 11 is 0. The Morgan fingerprint density at radius 1 is 1.32 bits per heavy atom. The summed E-state index contributed by atoms with van der Waals surface area (Å²) in [6, 6.07) is 12.7. The minimum atomic E-state index is -0.523. The van der Waals surface area contributed by atoms with Gasteiger partial charge in [0.2, 0.25) is 11.7 Å². The SMILES string of the molecule is CN(C(=O)Cc1ccc2oc(=O)[nH]c2c1)[C@H](CN1CC[C@@H](O)C1)c1cccc(-c2nn[nH]n2)c1. The molecule has 0 radical (unpaired) electrons. The summed E-state index contributed by atoms with van der Waals surface area (Å²) in [6.45, 7) is 1.94. The van der Waals surface area contributed by atoms with E-state index in [0.29, 0.717) is 30.0 Å². The monoisotopic (exact) mass is 463 g/mol. The molecule has 3 N–H and O–H groups in total. The van der Waals surface area contributed by atoms with Gasteiger partial charge in [-0.3, -0.25) is 14.7 Å². The van der Waals surface area contributed by atoms with E-state index in [1.165, 1.54) is 0 Å². The number of aromatic nitrogens is 5. The van der Waals surface area contributed by atoms with Crippen LogP contribution in [0.25, 0.3) is 22.5 Å². The van der Waals surface area contributed by atoms with Crippen molar-refractivity contribution in [3.63, 3.8) is 0 Å². The number of carbonyl (C=O) groups excluding carboxylic acids is 1. The molecule has 4 aromatic rings. The van der Waals surface area contributed by atoms with Crippen LogP contribution in [0.1, 0.15) is 23.6 Å². The summed E-state index contributed by atoms with van der Waals surface area (Å²) in [4.78, 5) is 31.3. The van der Waals surface area contributed by atoms with Gasteiger partial charge in [-0.25, -0.2) is 4.79 Å². The number of hydrogen-bond donors (Lipinski definition) is 3. The molecule has 3 heterocycles. The molecule has 1 saturated heterocycles. The number of nitrogens with one attached hydrogen (secondary N) is 2. The lowest BCUT2D eigenvalue weighted by molar-refractivity contribution is -0.131. The quantitative estimate of drug-likeness (QED) is 0.370. The minimum absolute atomic E-state index is 0.0695. The number of nitrogens with zero attached hydrogens (tertiary/aromatic N) is 5. The molecule has 11 nitrogen and oxygen atoms in total. The Bertz CT molecular complexity index is 1350. The van der Waals surface area contributed by atoms with Crippen LogP contribution in [0.3, 0.4) is 0 Å². The Balaban J connectivity index is 1.41. The lowest BCUT2D eigenvalue weighted by Gasteiger charge is -2.32. The number of β-amino-alcohol motifs (C(OH)–C–C–N with tert-alkyl or cyclic N) is 1. The van der Waals surface area contributed by atoms with Crippen LogP contribution < -0.4 is 5.76 Å². The lowest BCUT2D eigenvalue weighted by Crippen LogP contribution is -2.39. The zero-order chi connectivity index (χ0) is 23.7. The maximum Gasteiger partial charge on any atom is 0.417 e. The number of carbonyl (C=O) groups is 1. The third kappa shape index (κ3) is 4.61. The number of likely N-dealkylation sites (N-methyl/N-ethyl adjacent to an activating group) is 1. The molecule has 2 aromatic carbocycles. The van der Waals surface area contributed by atoms with Crippen LogP contribution in [-0.4, -0.2) is 79.2 Å². The summed E-state index contributed by atoms with van der Waals surface area (Å²) in [5.41, 5.74) is 3.53. The van der Waals surface area contributed by atoms with E-state index in [1.807, 2.05) is 24.3 Å². The van der Waals surface area contributed by atoms with Crippen LogP contribution in [0.2, 0.25) is 0 Å². The second kappa shape index (κ2) is 9.20. The van der Waals surface area contributed by atoms with E-state index in [0.717, 1.165) is 29.7 Å². The molecule has 11 heteroatoms. The van der Waals surface area contributed by atoms with Crippen LogP contribution >= 0.6 is 0 Å². The first-order chi connectivity index (χ1) is 16.5. The average Bonchev–Trinajstić information content (AvgIpc) is 3.57. The van der Waals surface area contributed by atoms with Crippen molar-refractivity contribution in [2.75, 3.05) is 26.7 Å². The Morgan fingerprint density at radius 2 is 2.21 bits per heavy atom. The number of oxazole rings is 1. The van der Waals surface area contributed by atoms with Crippen molar-refractivity contribution in [1.29, 1.82) is 0 Å². The maximum absolute atomic E-state index is 13.3. The van der Waals surface area contributed by atoms with Crippen LogP contribution in [0, 0.1) is 0 Å². The van der Waals surface area contributed by atoms with Gasteiger partial charge < -0.3 is 14.4 Å². The summed E-state index contributed by atoms with van der Waals surface area (Å²) in [6.07, 6.45) is 0.538. The molecule has 1 amide bonds. The average molecular weight is 463 g/mol. The summed E-state index contributed by atoms with van der Waals surface area (Å²) in [5, 5.41) is 24.2. The largest absolute Gasteiger partial charge is 0.417 e. The fraction of sp³-hybridized carbons (Fsp3) is 0.348. The smallest absolute Gasteiger partial charge is 0.408 e. The number of fused-ring (bicyclic) bond motifs is 1. The molecule has 2 aromatic heterocycles. The third-order valence-electron chi connectivity index (χ3n) is 6.25. The zero-order valence-corrected chi connectivity index (χ0v) is 18.6. The molecule has 0 spiro atoms. The summed E-state index contributed by atoms with van der Waals surface area (Å²) in [7, 11) is 1.79. The van der Waals surface area contributed by atoms with Crippen molar-refractivity contribution >= 4 is 17.0 Å². The van der Waals surface area contributed by atoms with Crippen molar-refractivity contribution in [3.05, 3.63) is 64.1 Å². The molecule has 1 aliphatic heterocycles. The number of benzene rings is 2. The fourth-order valence-corrected chi connectivity index (χ4v) is 4.43. The third-order valence-corrected chi connectivity index (χ3v) is 6.25. The number of amides is 1. The van der Waals surface area contributed by atoms with Gasteiger partial charge in [0.1, 0.15) is 0 Å². The van der Waals surface area contributed by atoms with Crippen molar-refractivity contribution in [1.82, 2.24) is 35.4 Å². The number of hydrogen-bond acceptors (Lipinski definition) is 8. The number of H-pyrrole nitrogens is 2. The van der Waals surface area contributed by atoms with E-state index in [2.05, 4.69) is 30.5 Å². The van der Waals surface area contributed by atoms with Gasteiger partial charge >= 0.3 is 5.76 Å². The van der Waals surface area contributed by atoms with E-state index in [4.69, 9.17) is 4.42 Å². The number of tetrazole rings is 1. The standard InChI is InChI=1S/C23H25N7O4/c1-29(21(32)10-14-5-6-20-18(9-14)24-23(33)34-20)19(13-30-8-7-17(31)12-30)15-3-2-4-16(11-15)22-25-27-28-26-22/h2-6,9,11,17,19,31H,7-8,10,12-13H2,1H3,(H,24,33)(H,25,26,27,28)/t17-,19-/m1/s1. The topological polar surface area (TPSA) is 144 Å². The number of rotatable bonds is 7. The molecule has 1 fully saturated rings. The number of aromatic amines is 2. The highest BCUT2D eigenvalue weighted by molar-refractivity contribution is 5.81. The lowest BCUT2D eigenvalue weighted by atomic mass is 10.0. The van der Waals surface area contributed by atoms with Crippen LogP contribution in [0.4, 0.5) is 0 Å². The predicted octanol–water partition coefficient (Wildman–Crippen LogP) is 1.11. The molecule has 176 valence electrons. The molecule has 1 aliphatic rings. The van der Waals surface area contributed by atoms with E-state index in [1.54, 1.807) is 30.1 Å². The van der Waals surface area contributed by atoms with Crippen molar-refractivity contribution in [2.24, 2.45) is 0 Å². The van der Waals surface area contributed by atoms with Gasteiger partial charge in [-0.2, -0.15) is 5.21 Å². The van der Waals surface area contributed by atoms with Gasteiger partial charge in [-0.05, 0) is 41.0 Å². The minimum Gasteiger partial charge on any atom is -0.408 e. The predicted molar refractivity (Wildman–Crippen MR) is 123 cm³/mol. The van der Waals surface area contributed by atoms with Gasteiger partial charge in [0.05, 0.1) is 24.1 Å². The molecular weight excluding hydrogens is 438 g/mol. The summed E-state index contributed by atoms with van der Waals surface area (Å²) < 4.78 is 5.05. The number of aliphatic hydroxyl groups is 1. The highest BCUT2D eigenvalue weighted by atomic mass is 16.4. The van der Waals surface area contributed by atoms with E-state index in [9.17, 15) is 14.7 Å². The fourth-order valence-electron chi connectivity index (χ4n) is 4.43.